The monoisotopic (exact) mass is 465 g/mol. The number of benzene rings is 1. The molecule has 12 heteroatoms. The highest BCUT2D eigenvalue weighted by Gasteiger charge is 2.35. The molecule has 0 saturated heterocycles. The minimum absolute atomic E-state index is 0.0138. The lowest BCUT2D eigenvalue weighted by Gasteiger charge is -2.30. The summed E-state index contributed by atoms with van der Waals surface area (Å²) in [7, 11) is 0. The number of nitrogens with two attached hydrogens (primary N) is 3. The van der Waals surface area contributed by atoms with Crippen molar-refractivity contribution in [3.63, 3.8) is 0 Å². The number of nitrogens with one attached hydrogen (secondary N) is 1. The topological polar surface area (TPSA) is 120 Å². The predicted octanol–water partition coefficient (Wildman–Crippen LogP) is 2.80. The SMILES string of the molecule is C=C(N)COC[C@H](F)[C@](C)(N)c1cc(NC(=O)C(=C)/C(Cl)=C\N(N)C(F)F)ccc1F. The molecule has 0 aliphatic heterocycles. The number of hydrazine groups is 1. The summed E-state index contributed by atoms with van der Waals surface area (Å²) in [5.74, 6) is 3.30. The summed E-state index contributed by atoms with van der Waals surface area (Å²) < 4.78 is 58.9. The quantitative estimate of drug-likeness (QED) is 0.0996. The number of ether oxygens (including phenoxy) is 1. The molecule has 0 radical (unpaired) electrons. The average Bonchev–Trinajstić information content (AvgIpc) is 2.67. The first-order chi connectivity index (χ1) is 14.3. The van der Waals surface area contributed by atoms with Gasteiger partial charge in [0, 0.05) is 23.1 Å². The summed E-state index contributed by atoms with van der Waals surface area (Å²) in [6.45, 7) is 4.43. The largest absolute Gasteiger partial charge is 0.401 e. The summed E-state index contributed by atoms with van der Waals surface area (Å²) in [4.78, 5) is 12.3. The van der Waals surface area contributed by atoms with Crippen LogP contribution < -0.4 is 22.6 Å². The summed E-state index contributed by atoms with van der Waals surface area (Å²) in [5, 5.41) is 1.88. The van der Waals surface area contributed by atoms with Crippen LogP contribution in [0.3, 0.4) is 0 Å². The van der Waals surface area contributed by atoms with E-state index in [0.717, 1.165) is 12.1 Å². The maximum atomic E-state index is 14.6. The Kier molecular flexibility index (Phi) is 9.50. The highest BCUT2D eigenvalue weighted by Crippen LogP contribution is 2.30. The van der Waals surface area contributed by atoms with Gasteiger partial charge in [-0.25, -0.2) is 14.6 Å². The van der Waals surface area contributed by atoms with E-state index in [0.29, 0.717) is 6.20 Å². The number of hydrogen-bond acceptors (Lipinski definition) is 6. The number of rotatable bonds is 11. The lowest BCUT2D eigenvalue weighted by molar-refractivity contribution is -0.112. The molecule has 0 aromatic heterocycles. The van der Waals surface area contributed by atoms with E-state index in [1.807, 2.05) is 0 Å². The molecule has 7 N–H and O–H groups in total. The highest BCUT2D eigenvalue weighted by molar-refractivity contribution is 6.35. The van der Waals surface area contributed by atoms with Crippen molar-refractivity contribution in [3.8, 4) is 0 Å². The minimum atomic E-state index is -3.05. The molecule has 7 nitrogen and oxygen atoms in total. The van der Waals surface area contributed by atoms with Crippen LogP contribution in [-0.2, 0) is 15.1 Å². The van der Waals surface area contributed by atoms with E-state index in [4.69, 9.17) is 33.6 Å². The fraction of sp³-hybridized carbons (Fsp3) is 0.316. The molecule has 0 bridgehead atoms. The van der Waals surface area contributed by atoms with Gasteiger partial charge in [-0.05, 0) is 25.1 Å². The number of hydrogen-bond donors (Lipinski definition) is 4. The minimum Gasteiger partial charge on any atom is -0.401 e. The maximum Gasteiger partial charge on any atom is 0.327 e. The van der Waals surface area contributed by atoms with Crippen LogP contribution in [-0.4, -0.2) is 36.9 Å². The van der Waals surface area contributed by atoms with Crippen molar-refractivity contribution in [3.05, 3.63) is 65.2 Å². The molecule has 1 aromatic rings. The standard InChI is InChI=1S/C19H24ClF4N5O2/c1-10(25)8-31-9-16(22)19(3,26)13-6-12(4-5-15(13)21)28-17(30)11(2)14(20)7-29(27)18(23)24/h4-7,16,18H,1-2,8-9,25-27H2,3H3,(H,28,30)/b14-7+/t16-,19+/m0/s1. The van der Waals surface area contributed by atoms with E-state index in [9.17, 15) is 22.4 Å². The number of amides is 1. The molecular formula is C19H24ClF4N5O2. The summed E-state index contributed by atoms with van der Waals surface area (Å²) >= 11 is 5.76. The van der Waals surface area contributed by atoms with Gasteiger partial charge in [-0.1, -0.05) is 24.8 Å². The first-order valence-corrected chi connectivity index (χ1v) is 9.08. The van der Waals surface area contributed by atoms with E-state index in [1.54, 1.807) is 0 Å². The summed E-state index contributed by atoms with van der Waals surface area (Å²) in [5.41, 5.74) is 9.08. The van der Waals surface area contributed by atoms with Crippen LogP contribution in [0.15, 0.2) is 53.9 Å². The van der Waals surface area contributed by atoms with Crippen LogP contribution in [0.4, 0.5) is 23.2 Å². The molecule has 0 heterocycles. The first kappa shape index (κ1) is 26.4. The molecule has 0 unspecified atom stereocenters. The van der Waals surface area contributed by atoms with E-state index < -0.39 is 47.2 Å². The Bertz CT molecular complexity index is 864. The molecule has 172 valence electrons. The predicted molar refractivity (Wildman–Crippen MR) is 111 cm³/mol. The Balaban J connectivity index is 3.00. The third-order valence-electron chi connectivity index (χ3n) is 4.06. The fourth-order valence-corrected chi connectivity index (χ4v) is 2.43. The zero-order valence-electron chi connectivity index (χ0n) is 16.7. The molecule has 0 saturated carbocycles. The zero-order valence-corrected chi connectivity index (χ0v) is 17.4. The third kappa shape index (κ3) is 7.55. The molecule has 1 aromatic carbocycles. The normalized spacial score (nSPS) is 14.7. The molecular weight excluding hydrogens is 442 g/mol. The van der Waals surface area contributed by atoms with Crippen LogP contribution >= 0.6 is 11.6 Å². The van der Waals surface area contributed by atoms with Crippen molar-refractivity contribution in [1.82, 2.24) is 5.01 Å². The van der Waals surface area contributed by atoms with Gasteiger partial charge in [-0.3, -0.25) is 9.80 Å². The second-order valence-electron chi connectivity index (χ2n) is 6.75. The molecule has 0 aliphatic rings. The number of halogens is 5. The van der Waals surface area contributed by atoms with Crippen LogP contribution in [0.25, 0.3) is 0 Å². The number of alkyl halides is 3. The van der Waals surface area contributed by atoms with Gasteiger partial charge in [0.2, 0.25) is 0 Å². The van der Waals surface area contributed by atoms with E-state index >= 15 is 0 Å². The molecule has 0 fully saturated rings. The van der Waals surface area contributed by atoms with Crippen molar-refractivity contribution in [2.24, 2.45) is 17.3 Å². The van der Waals surface area contributed by atoms with E-state index in [1.165, 1.54) is 13.0 Å². The smallest absolute Gasteiger partial charge is 0.327 e. The molecule has 1 rings (SSSR count). The van der Waals surface area contributed by atoms with Crippen LogP contribution in [0.5, 0.6) is 0 Å². The van der Waals surface area contributed by atoms with Gasteiger partial charge in [0.1, 0.15) is 12.0 Å². The summed E-state index contributed by atoms with van der Waals surface area (Å²) in [6.07, 6.45) is -1.21. The van der Waals surface area contributed by atoms with Gasteiger partial charge in [0.25, 0.3) is 5.91 Å². The fourth-order valence-electron chi connectivity index (χ4n) is 2.23. The number of carbonyl (C=O) groups excluding carboxylic acids is 1. The van der Waals surface area contributed by atoms with Crippen molar-refractivity contribution in [1.29, 1.82) is 0 Å². The number of carbonyl (C=O) groups is 1. The molecule has 1 amide bonds. The molecule has 0 spiro atoms. The Morgan fingerprint density at radius 2 is 2.00 bits per heavy atom. The van der Waals surface area contributed by atoms with Crippen molar-refractivity contribution in [2.75, 3.05) is 18.5 Å². The van der Waals surface area contributed by atoms with Crippen LogP contribution in [0.1, 0.15) is 12.5 Å². The van der Waals surface area contributed by atoms with Gasteiger partial charge in [-0.2, -0.15) is 8.78 Å². The Morgan fingerprint density at radius 3 is 2.55 bits per heavy atom. The number of nitrogens with zero attached hydrogens (tertiary/aromatic N) is 1. The Hall–Kier alpha value is -2.60. The Morgan fingerprint density at radius 1 is 1.39 bits per heavy atom. The van der Waals surface area contributed by atoms with Gasteiger partial charge in [0.05, 0.1) is 29.4 Å². The molecule has 2 atom stereocenters. The van der Waals surface area contributed by atoms with Crippen molar-refractivity contribution < 1.29 is 27.1 Å². The van der Waals surface area contributed by atoms with E-state index in [-0.39, 0.29) is 28.6 Å². The first-order valence-electron chi connectivity index (χ1n) is 8.70. The van der Waals surface area contributed by atoms with Gasteiger partial charge in [-0.15, -0.1) is 0 Å². The van der Waals surface area contributed by atoms with Crippen molar-refractivity contribution in [2.45, 2.75) is 25.2 Å². The van der Waals surface area contributed by atoms with Gasteiger partial charge >= 0.3 is 6.55 Å². The highest BCUT2D eigenvalue weighted by atomic mass is 35.5. The molecule has 0 aliphatic carbocycles. The Labute approximate surface area is 182 Å². The lowest BCUT2D eigenvalue weighted by Crippen LogP contribution is -2.46. The van der Waals surface area contributed by atoms with Crippen molar-refractivity contribution >= 4 is 23.2 Å². The second-order valence-corrected chi connectivity index (χ2v) is 7.16. The summed E-state index contributed by atoms with van der Waals surface area (Å²) in [6, 6.07) is 3.29. The van der Waals surface area contributed by atoms with E-state index in [2.05, 4.69) is 18.5 Å². The second kappa shape index (κ2) is 11.1. The average molecular weight is 466 g/mol. The lowest BCUT2D eigenvalue weighted by atomic mass is 9.87. The molecule has 31 heavy (non-hydrogen) atoms. The van der Waals surface area contributed by atoms with Crippen LogP contribution in [0.2, 0.25) is 0 Å². The van der Waals surface area contributed by atoms with Crippen LogP contribution in [0, 0.1) is 5.82 Å². The number of anilines is 1. The maximum absolute atomic E-state index is 14.6. The third-order valence-corrected chi connectivity index (χ3v) is 4.38. The van der Waals surface area contributed by atoms with Gasteiger partial charge in [0.15, 0.2) is 0 Å². The zero-order chi connectivity index (χ0) is 23.9. The van der Waals surface area contributed by atoms with Gasteiger partial charge < -0.3 is 21.5 Å².